The van der Waals surface area contributed by atoms with E-state index in [2.05, 4.69) is 16.0 Å². The van der Waals surface area contributed by atoms with Crippen molar-refractivity contribution in [2.75, 3.05) is 39.6 Å². The van der Waals surface area contributed by atoms with Crippen LogP contribution in [0.15, 0.2) is 0 Å². The number of rotatable bonds is 22. The summed E-state index contributed by atoms with van der Waals surface area (Å²) in [6, 6.07) is -5.12. The van der Waals surface area contributed by atoms with E-state index >= 15 is 0 Å². The number of aliphatic hydroxyl groups is 18. The monoisotopic (exact) mass is 1200 g/mol. The number of carboxylic acid groups (broad SMARTS) is 1. The SMILES string of the molecule is CC(=O)N[C@@H]1[C@@H](O)[C@H](O[C@@H]2O[C@H](CO[C@H]3O[C@H](CO)[C@@H](O)[C@H](O)[C@@H]3O[C@@H]3O[C@H](CO)[C@@H](O[C@@H]4O[C@H](CO)[C@H](O)[C@H](O[C@]5(C(=O)O)C[C@H](O)[C@@H](NC(C)=O)[C@H]([C@H](O)[C@H](O)CO)O5)[C@H]4O)[C@H](O)[C@H]3NC(C)=O)[C@@H](O)[C@H](O)[C@@H]2O)[C@@H](CO)O[C@H]1O. The highest BCUT2D eigenvalue weighted by Gasteiger charge is 2.61. The van der Waals surface area contributed by atoms with Gasteiger partial charge in [-0.2, -0.15) is 0 Å². The van der Waals surface area contributed by atoms with Crippen molar-refractivity contribution >= 4 is 23.7 Å². The van der Waals surface area contributed by atoms with Crippen LogP contribution in [-0.2, 0) is 71.3 Å². The van der Waals surface area contributed by atoms with Crippen molar-refractivity contribution in [1.82, 2.24) is 16.0 Å². The molecule has 37 nitrogen and oxygen atoms in total. The van der Waals surface area contributed by atoms with E-state index in [4.69, 9.17) is 52.1 Å². The topological polar surface area (TPSA) is 590 Å². The maximum absolute atomic E-state index is 13.0. The Balaban J connectivity index is 1.22. The molecule has 6 fully saturated rings. The molecular formula is C45H75N3O34. The van der Waals surface area contributed by atoms with Gasteiger partial charge in [-0.25, -0.2) is 4.79 Å². The van der Waals surface area contributed by atoms with Gasteiger partial charge < -0.3 is 165 Å². The second-order valence-corrected chi connectivity index (χ2v) is 20.4. The Morgan fingerprint density at radius 1 is 0.500 bits per heavy atom. The first-order chi connectivity index (χ1) is 38.6. The largest absolute Gasteiger partial charge is 0.477 e. The zero-order chi connectivity index (χ0) is 61.0. The summed E-state index contributed by atoms with van der Waals surface area (Å²) in [4.78, 5) is 49.6. The molecule has 0 aliphatic carbocycles. The lowest BCUT2D eigenvalue weighted by Gasteiger charge is -2.51. The Bertz CT molecular complexity index is 2090. The summed E-state index contributed by atoms with van der Waals surface area (Å²) < 4.78 is 62.9. The predicted octanol–water partition coefficient (Wildman–Crippen LogP) is -14.5. The van der Waals surface area contributed by atoms with E-state index in [-0.39, 0.29) is 0 Å². The van der Waals surface area contributed by atoms with Crippen LogP contribution in [0.3, 0.4) is 0 Å². The number of amides is 3. The molecule has 0 radical (unpaired) electrons. The molecule has 6 rings (SSSR count). The number of aliphatic hydroxyl groups excluding tert-OH is 18. The van der Waals surface area contributed by atoms with Crippen LogP contribution >= 0.6 is 0 Å². The minimum atomic E-state index is -3.21. The molecule has 0 saturated carbocycles. The van der Waals surface area contributed by atoms with E-state index < -0.39 is 259 Å². The minimum Gasteiger partial charge on any atom is -0.477 e. The summed E-state index contributed by atoms with van der Waals surface area (Å²) >= 11 is 0. The second-order valence-electron chi connectivity index (χ2n) is 20.4. The van der Waals surface area contributed by atoms with Crippen molar-refractivity contribution in [2.24, 2.45) is 0 Å². The molecule has 0 unspecified atom stereocenters. The number of hydrogen-bond acceptors (Lipinski definition) is 33. The van der Waals surface area contributed by atoms with Crippen molar-refractivity contribution in [3.63, 3.8) is 0 Å². The molecule has 6 heterocycles. The third-order valence-corrected chi connectivity index (χ3v) is 14.6. The predicted molar refractivity (Wildman–Crippen MR) is 251 cm³/mol. The number of nitrogens with one attached hydrogen (secondary N) is 3. The Kier molecular flexibility index (Phi) is 23.9. The first-order valence-corrected chi connectivity index (χ1v) is 25.7. The number of carbonyl (C=O) groups excluding carboxylic acids is 3. The van der Waals surface area contributed by atoms with Gasteiger partial charge in [0.25, 0.3) is 5.79 Å². The maximum atomic E-state index is 13.0. The van der Waals surface area contributed by atoms with Crippen molar-refractivity contribution in [1.29, 1.82) is 0 Å². The quantitative estimate of drug-likeness (QED) is 0.0479. The molecule has 37 heteroatoms. The van der Waals surface area contributed by atoms with Crippen molar-refractivity contribution in [3.05, 3.63) is 0 Å². The molecule has 22 N–H and O–H groups in total. The van der Waals surface area contributed by atoms with E-state index in [0.717, 1.165) is 20.8 Å². The fourth-order valence-electron chi connectivity index (χ4n) is 10.3. The average Bonchev–Trinajstić information content (AvgIpc) is 3.58. The Morgan fingerprint density at radius 3 is 1.51 bits per heavy atom. The van der Waals surface area contributed by atoms with E-state index in [1.807, 2.05) is 0 Å². The van der Waals surface area contributed by atoms with Gasteiger partial charge in [0.2, 0.25) is 17.7 Å². The smallest absolute Gasteiger partial charge is 0.364 e. The van der Waals surface area contributed by atoms with Gasteiger partial charge in [0.15, 0.2) is 31.5 Å². The molecule has 6 aliphatic heterocycles. The summed E-state index contributed by atoms with van der Waals surface area (Å²) in [5, 5.41) is 212. The van der Waals surface area contributed by atoms with E-state index in [9.17, 15) is 116 Å². The van der Waals surface area contributed by atoms with Crippen LogP contribution in [0.1, 0.15) is 27.2 Å². The highest BCUT2D eigenvalue weighted by Crippen LogP contribution is 2.40. The van der Waals surface area contributed by atoms with Crippen LogP contribution in [0, 0.1) is 0 Å². The van der Waals surface area contributed by atoms with Gasteiger partial charge in [-0.15, -0.1) is 0 Å². The highest BCUT2D eigenvalue weighted by atomic mass is 16.8. The molecule has 0 aromatic carbocycles. The number of carbonyl (C=O) groups is 4. The van der Waals surface area contributed by atoms with Crippen LogP contribution < -0.4 is 16.0 Å². The van der Waals surface area contributed by atoms with Crippen molar-refractivity contribution < 1.29 is 168 Å². The third-order valence-electron chi connectivity index (χ3n) is 14.6. The maximum Gasteiger partial charge on any atom is 0.364 e. The molecule has 0 spiro atoms. The molecule has 6 saturated heterocycles. The van der Waals surface area contributed by atoms with Gasteiger partial charge in [0.1, 0.15) is 140 Å². The van der Waals surface area contributed by atoms with E-state index in [1.165, 1.54) is 0 Å². The first-order valence-electron chi connectivity index (χ1n) is 25.7. The lowest BCUT2D eigenvalue weighted by molar-refractivity contribution is -0.390. The minimum absolute atomic E-state index is 0.727. The molecule has 474 valence electrons. The second kappa shape index (κ2) is 28.9. The van der Waals surface area contributed by atoms with Gasteiger partial charge in [-0.05, 0) is 0 Å². The average molecular weight is 1200 g/mol. The lowest BCUT2D eigenvalue weighted by atomic mass is 9.88. The molecular weight excluding hydrogens is 1130 g/mol. The van der Waals surface area contributed by atoms with Gasteiger partial charge in [0, 0.05) is 27.2 Å². The lowest BCUT2D eigenvalue weighted by Crippen LogP contribution is -2.71. The van der Waals surface area contributed by atoms with Gasteiger partial charge in [-0.3, -0.25) is 14.4 Å². The van der Waals surface area contributed by atoms with E-state index in [1.54, 1.807) is 0 Å². The fourth-order valence-corrected chi connectivity index (χ4v) is 10.3. The van der Waals surface area contributed by atoms with Crippen LogP contribution in [0.2, 0.25) is 0 Å². The van der Waals surface area contributed by atoms with Crippen LogP contribution in [0.25, 0.3) is 0 Å². The molecule has 0 bridgehead atoms. The Labute approximate surface area is 463 Å². The zero-order valence-electron chi connectivity index (χ0n) is 43.9. The van der Waals surface area contributed by atoms with Gasteiger partial charge in [-0.1, -0.05) is 0 Å². The fraction of sp³-hybridized carbons (Fsp3) is 0.911. The number of aliphatic carboxylic acids is 1. The Hall–Kier alpha value is -3.28. The van der Waals surface area contributed by atoms with Crippen LogP contribution in [0.4, 0.5) is 0 Å². The third kappa shape index (κ3) is 14.7. The summed E-state index contributed by atoms with van der Waals surface area (Å²) in [7, 11) is 0. The standard InChI is InChI=1S/C45H75N3O34/c1-11(54)46-21-14(57)4-45(44(70)71,81-36(21)24(59)15(58)5-49)82-37-27(62)17(7-51)74-42(33(37)68)79-35-19(9-53)76-40(23(29(35)64)48-13(3)56)80-38-31(66)25(60)16(6-50)75-43(38)72-10-20-26(61)30(65)32(67)41(77-20)78-34-18(8-52)73-39(69)22(28(34)63)47-12(2)55/h14-43,49-53,57-69H,4-10H2,1-3H3,(H,46,54)(H,47,55)(H,48,56)(H,70,71)/t14-,15+,16+,17+,18+,19+,20+,21+,22+,23+,24+,25+,26+,27-,28+,29+,30-,31-,32-,33+,34+,35+,36+,37-,38-,39+,40-,41-,42-,43-,45-/m0/s1. The summed E-state index contributed by atoms with van der Waals surface area (Å²) in [5.41, 5.74) is 0. The van der Waals surface area contributed by atoms with Gasteiger partial charge >= 0.3 is 5.97 Å². The molecule has 31 atom stereocenters. The normalized spacial score (nSPS) is 46.3. The highest BCUT2D eigenvalue weighted by molar-refractivity contribution is 5.77. The molecule has 0 aromatic heterocycles. The molecule has 82 heavy (non-hydrogen) atoms. The molecule has 0 aromatic rings. The Morgan fingerprint density at radius 2 is 0.963 bits per heavy atom. The number of hydrogen-bond donors (Lipinski definition) is 22. The van der Waals surface area contributed by atoms with E-state index in [0.29, 0.717) is 0 Å². The number of carboxylic acids is 1. The van der Waals surface area contributed by atoms with Crippen molar-refractivity contribution in [2.45, 2.75) is 217 Å². The first kappa shape index (κ1) is 67.8. The zero-order valence-corrected chi connectivity index (χ0v) is 43.9. The summed E-state index contributed by atoms with van der Waals surface area (Å²) in [6.07, 6.45) is -55.6. The summed E-state index contributed by atoms with van der Waals surface area (Å²) in [6.45, 7) is -3.27. The van der Waals surface area contributed by atoms with Crippen LogP contribution in [0.5, 0.6) is 0 Å². The molecule has 6 aliphatic rings. The summed E-state index contributed by atoms with van der Waals surface area (Å²) in [5.74, 6) is -7.77. The van der Waals surface area contributed by atoms with Crippen molar-refractivity contribution in [3.8, 4) is 0 Å². The number of ether oxygens (including phenoxy) is 11. The van der Waals surface area contributed by atoms with Crippen LogP contribution in [-0.4, -0.2) is 350 Å². The van der Waals surface area contributed by atoms with Gasteiger partial charge in [0.05, 0.1) is 51.8 Å². The molecule has 3 amide bonds.